The molecule has 28 heavy (non-hydrogen) atoms. The van der Waals surface area contributed by atoms with Crippen LogP contribution in [-0.2, 0) is 4.74 Å². The summed E-state index contributed by atoms with van der Waals surface area (Å²) in [6.07, 6.45) is -2.66. The third-order valence-corrected chi connectivity index (χ3v) is 3.83. The summed E-state index contributed by atoms with van der Waals surface area (Å²) in [5, 5.41) is 38.2. The van der Waals surface area contributed by atoms with Crippen LogP contribution >= 0.6 is 0 Å². The van der Waals surface area contributed by atoms with E-state index in [0.717, 1.165) is 0 Å². The second-order valence-corrected chi connectivity index (χ2v) is 7.32. The first kappa shape index (κ1) is 21.4. The molecule has 0 aliphatic rings. The second-order valence-electron chi connectivity index (χ2n) is 7.32. The van der Waals surface area contributed by atoms with E-state index < -0.39 is 29.9 Å². The number of carboxylic acids is 1. The first-order chi connectivity index (χ1) is 13.1. The van der Waals surface area contributed by atoms with E-state index in [0.29, 0.717) is 16.8 Å². The number of ether oxygens (including phenoxy) is 1. The number of amides is 1. The Balaban J connectivity index is 1.90. The van der Waals surface area contributed by atoms with E-state index in [-0.39, 0.29) is 18.7 Å². The Labute approximate surface area is 162 Å². The number of hydrogen-bond donors (Lipinski definition) is 5. The van der Waals surface area contributed by atoms with Gasteiger partial charge in [0.25, 0.3) is 0 Å². The molecule has 1 amide bonds. The number of nitrogens with one attached hydrogen (secondary N) is 2. The molecule has 0 aliphatic heterocycles. The highest BCUT2D eigenvalue weighted by Crippen LogP contribution is 2.23. The van der Waals surface area contributed by atoms with Crippen LogP contribution in [-0.4, -0.2) is 55.8 Å². The molecule has 2 atom stereocenters. The van der Waals surface area contributed by atoms with E-state index in [1.807, 2.05) is 0 Å². The Morgan fingerprint density at radius 2 is 1.86 bits per heavy atom. The molecule has 0 aliphatic carbocycles. The molecule has 2 rings (SSSR count). The van der Waals surface area contributed by atoms with Gasteiger partial charge in [0.15, 0.2) is 0 Å². The highest BCUT2D eigenvalue weighted by Gasteiger charge is 2.20. The molecule has 2 unspecified atom stereocenters. The zero-order valence-corrected chi connectivity index (χ0v) is 16.0. The van der Waals surface area contributed by atoms with E-state index in [9.17, 15) is 19.8 Å². The van der Waals surface area contributed by atoms with Crippen molar-refractivity contribution in [2.24, 2.45) is 0 Å². The molecule has 9 nitrogen and oxygen atoms in total. The Hall–Kier alpha value is -2.91. The lowest BCUT2D eigenvalue weighted by Gasteiger charge is -2.21. The van der Waals surface area contributed by atoms with Gasteiger partial charge in [-0.05, 0) is 38.8 Å². The molecule has 1 aromatic carbocycles. The van der Waals surface area contributed by atoms with Crippen molar-refractivity contribution in [3.05, 3.63) is 41.6 Å². The maximum absolute atomic E-state index is 11.6. The SMILES string of the molecule is CC(C)(C)OC(=O)NCCC(O)C(O)c1ccc(-c2cc(C(=O)O)[nH]n2)cc1. The third-order valence-electron chi connectivity index (χ3n) is 3.83. The maximum atomic E-state index is 11.6. The first-order valence-electron chi connectivity index (χ1n) is 8.79. The maximum Gasteiger partial charge on any atom is 0.407 e. The van der Waals surface area contributed by atoms with Crippen molar-refractivity contribution in [2.45, 2.75) is 45.0 Å². The lowest BCUT2D eigenvalue weighted by atomic mass is 10.00. The van der Waals surface area contributed by atoms with Gasteiger partial charge in [0.05, 0.1) is 11.8 Å². The number of H-pyrrole nitrogens is 1. The van der Waals surface area contributed by atoms with Crippen LogP contribution in [0.3, 0.4) is 0 Å². The average Bonchev–Trinajstić information content (AvgIpc) is 3.10. The van der Waals surface area contributed by atoms with Crippen molar-refractivity contribution in [1.29, 1.82) is 0 Å². The Morgan fingerprint density at radius 1 is 1.21 bits per heavy atom. The number of nitrogens with zero attached hydrogens (tertiary/aromatic N) is 1. The van der Waals surface area contributed by atoms with Crippen LogP contribution in [0.2, 0.25) is 0 Å². The molecule has 5 N–H and O–H groups in total. The molecule has 152 valence electrons. The molecule has 0 saturated heterocycles. The van der Waals surface area contributed by atoms with Gasteiger partial charge in [-0.1, -0.05) is 24.3 Å². The minimum atomic E-state index is -1.14. The molecule has 9 heteroatoms. The lowest BCUT2D eigenvalue weighted by molar-refractivity contribution is 0.0123. The van der Waals surface area contributed by atoms with E-state index >= 15 is 0 Å². The summed E-state index contributed by atoms with van der Waals surface area (Å²) in [4.78, 5) is 22.5. The number of alkyl carbamates (subject to hydrolysis) is 1. The summed E-state index contributed by atoms with van der Waals surface area (Å²) >= 11 is 0. The summed E-state index contributed by atoms with van der Waals surface area (Å²) < 4.78 is 5.10. The quantitative estimate of drug-likeness (QED) is 0.486. The third kappa shape index (κ3) is 6.07. The van der Waals surface area contributed by atoms with Gasteiger partial charge in [-0.3, -0.25) is 5.10 Å². The Kier molecular flexibility index (Phi) is 6.76. The number of carbonyl (C=O) groups excluding carboxylic acids is 1. The zero-order chi connectivity index (χ0) is 20.9. The van der Waals surface area contributed by atoms with Crippen LogP contribution in [0.4, 0.5) is 4.79 Å². The van der Waals surface area contributed by atoms with Crippen LogP contribution in [0, 0.1) is 0 Å². The largest absolute Gasteiger partial charge is 0.477 e. The van der Waals surface area contributed by atoms with Crippen molar-refractivity contribution < 1.29 is 29.6 Å². The number of carbonyl (C=O) groups is 2. The second kappa shape index (κ2) is 8.85. The summed E-state index contributed by atoms with van der Waals surface area (Å²) in [7, 11) is 0. The molecular weight excluding hydrogens is 366 g/mol. The van der Waals surface area contributed by atoms with Gasteiger partial charge in [-0.15, -0.1) is 0 Å². The fourth-order valence-corrected chi connectivity index (χ4v) is 2.45. The van der Waals surface area contributed by atoms with Crippen molar-refractivity contribution in [3.63, 3.8) is 0 Å². The van der Waals surface area contributed by atoms with Gasteiger partial charge in [-0.25, -0.2) is 9.59 Å². The van der Waals surface area contributed by atoms with Crippen LogP contribution in [0.15, 0.2) is 30.3 Å². The topological polar surface area (TPSA) is 145 Å². The monoisotopic (exact) mass is 391 g/mol. The Morgan fingerprint density at radius 3 is 2.39 bits per heavy atom. The van der Waals surface area contributed by atoms with Crippen molar-refractivity contribution in [2.75, 3.05) is 6.54 Å². The predicted molar refractivity (Wildman–Crippen MR) is 101 cm³/mol. The molecular formula is C19H25N3O6. The molecule has 0 bridgehead atoms. The number of benzene rings is 1. The van der Waals surface area contributed by atoms with E-state index in [1.165, 1.54) is 6.07 Å². The Bertz CT molecular complexity index is 810. The van der Waals surface area contributed by atoms with Crippen LogP contribution in [0.1, 0.15) is 49.3 Å². The smallest absolute Gasteiger partial charge is 0.407 e. The number of aliphatic hydroxyl groups excluding tert-OH is 2. The summed E-state index contributed by atoms with van der Waals surface area (Å²) in [5.74, 6) is -1.10. The van der Waals surface area contributed by atoms with Gasteiger partial charge in [0.1, 0.15) is 17.4 Å². The predicted octanol–water partition coefficient (Wildman–Crippen LogP) is 2.08. The first-order valence-corrected chi connectivity index (χ1v) is 8.79. The van der Waals surface area contributed by atoms with Gasteiger partial charge in [0.2, 0.25) is 0 Å². The summed E-state index contributed by atoms with van der Waals surface area (Å²) in [5.41, 5.74) is 0.986. The fraction of sp³-hybridized carbons (Fsp3) is 0.421. The van der Waals surface area contributed by atoms with Gasteiger partial charge < -0.3 is 25.4 Å². The number of hydrogen-bond acceptors (Lipinski definition) is 6. The van der Waals surface area contributed by atoms with Crippen molar-refractivity contribution >= 4 is 12.1 Å². The van der Waals surface area contributed by atoms with Crippen molar-refractivity contribution in [1.82, 2.24) is 15.5 Å². The van der Waals surface area contributed by atoms with E-state index in [2.05, 4.69) is 15.5 Å². The lowest BCUT2D eigenvalue weighted by Crippen LogP contribution is -2.34. The number of aromatic carboxylic acids is 1. The number of aliphatic hydroxyl groups is 2. The number of aromatic nitrogens is 2. The molecule has 1 heterocycles. The number of carboxylic acid groups (broad SMARTS) is 1. The number of rotatable bonds is 7. The summed E-state index contributed by atoms with van der Waals surface area (Å²) in [6, 6.07) is 8.00. The van der Waals surface area contributed by atoms with Gasteiger partial charge >= 0.3 is 12.1 Å². The molecule has 0 radical (unpaired) electrons. The summed E-state index contributed by atoms with van der Waals surface area (Å²) in [6.45, 7) is 5.40. The van der Waals surface area contributed by atoms with Gasteiger partial charge in [0, 0.05) is 12.1 Å². The van der Waals surface area contributed by atoms with E-state index in [4.69, 9.17) is 9.84 Å². The van der Waals surface area contributed by atoms with Crippen LogP contribution < -0.4 is 5.32 Å². The standard InChI is InChI=1S/C19H25N3O6/c1-19(2,3)28-18(27)20-9-8-15(23)16(24)12-6-4-11(5-7-12)13-10-14(17(25)26)22-21-13/h4-7,10,15-16,23-24H,8-9H2,1-3H3,(H,20,27)(H,21,22)(H,25,26). The highest BCUT2D eigenvalue weighted by molar-refractivity contribution is 5.86. The zero-order valence-electron chi connectivity index (χ0n) is 16.0. The molecule has 0 saturated carbocycles. The molecule has 2 aromatic rings. The van der Waals surface area contributed by atoms with Crippen LogP contribution in [0.5, 0.6) is 0 Å². The molecule has 1 aromatic heterocycles. The highest BCUT2D eigenvalue weighted by atomic mass is 16.6. The van der Waals surface area contributed by atoms with E-state index in [1.54, 1.807) is 45.0 Å². The number of aromatic amines is 1. The van der Waals surface area contributed by atoms with Gasteiger partial charge in [-0.2, -0.15) is 5.10 Å². The normalized spacial score (nSPS) is 13.6. The molecule has 0 fully saturated rings. The minimum absolute atomic E-state index is 0.0213. The fourth-order valence-electron chi connectivity index (χ4n) is 2.45. The van der Waals surface area contributed by atoms with Crippen LogP contribution in [0.25, 0.3) is 11.3 Å². The minimum Gasteiger partial charge on any atom is -0.477 e. The average molecular weight is 391 g/mol. The molecule has 0 spiro atoms. The van der Waals surface area contributed by atoms with Crippen molar-refractivity contribution in [3.8, 4) is 11.3 Å².